The molecular formula is C18H23N3O2. The number of hydrogen-bond acceptors (Lipinski definition) is 4. The van der Waals surface area contributed by atoms with Crippen LogP contribution in [-0.4, -0.2) is 18.0 Å². The Hall–Kier alpha value is -2.56. The monoisotopic (exact) mass is 313 g/mol. The first-order valence-corrected chi connectivity index (χ1v) is 7.53. The molecule has 1 aromatic carbocycles. The molecule has 1 amide bonds. The molecule has 122 valence electrons. The third-order valence-electron chi connectivity index (χ3n) is 3.36. The first-order valence-electron chi connectivity index (χ1n) is 7.53. The Morgan fingerprint density at radius 3 is 2.52 bits per heavy atom. The summed E-state index contributed by atoms with van der Waals surface area (Å²) in [5, 5.41) is 6.09. The zero-order valence-corrected chi connectivity index (χ0v) is 14.0. The van der Waals surface area contributed by atoms with Gasteiger partial charge in [-0.15, -0.1) is 0 Å². The molecule has 0 spiro atoms. The van der Waals surface area contributed by atoms with E-state index >= 15 is 0 Å². The lowest BCUT2D eigenvalue weighted by atomic mass is 9.96. The summed E-state index contributed by atoms with van der Waals surface area (Å²) in [7, 11) is 1.66. The van der Waals surface area contributed by atoms with Crippen LogP contribution in [-0.2, 0) is 11.3 Å². The van der Waals surface area contributed by atoms with Crippen molar-refractivity contribution in [3.8, 4) is 5.75 Å². The molecule has 0 aliphatic rings. The van der Waals surface area contributed by atoms with Gasteiger partial charge in [-0.1, -0.05) is 39.0 Å². The molecule has 0 unspecified atom stereocenters. The highest BCUT2D eigenvalue weighted by Crippen LogP contribution is 2.20. The molecule has 2 rings (SSSR count). The van der Waals surface area contributed by atoms with E-state index in [1.807, 2.05) is 51.1 Å². The number of nitrogens with zero attached hydrogens (tertiary/aromatic N) is 1. The summed E-state index contributed by atoms with van der Waals surface area (Å²) < 4.78 is 5.33. The summed E-state index contributed by atoms with van der Waals surface area (Å²) >= 11 is 0. The van der Waals surface area contributed by atoms with Gasteiger partial charge in [0, 0.05) is 17.5 Å². The Bertz CT molecular complexity index is 661. The predicted molar refractivity (Wildman–Crippen MR) is 92.6 cm³/mol. The summed E-state index contributed by atoms with van der Waals surface area (Å²) in [6.45, 7) is 6.24. The number of nitrogens with one attached hydrogen (secondary N) is 2. The fourth-order valence-corrected chi connectivity index (χ4v) is 1.92. The molecule has 0 fully saturated rings. The van der Waals surface area contributed by atoms with Gasteiger partial charge in [-0.25, -0.2) is 4.98 Å². The van der Waals surface area contributed by atoms with Crippen LogP contribution in [0.25, 0.3) is 0 Å². The van der Waals surface area contributed by atoms with Gasteiger partial charge in [0.2, 0.25) is 5.91 Å². The van der Waals surface area contributed by atoms with E-state index in [0.717, 1.165) is 17.0 Å². The Balaban J connectivity index is 1.96. The molecule has 0 saturated carbocycles. The number of amides is 1. The number of hydrogen-bond donors (Lipinski definition) is 2. The molecule has 0 bridgehead atoms. The van der Waals surface area contributed by atoms with Crippen molar-refractivity contribution in [2.24, 2.45) is 5.41 Å². The van der Waals surface area contributed by atoms with E-state index in [0.29, 0.717) is 12.4 Å². The molecule has 0 radical (unpaired) electrons. The molecule has 0 atom stereocenters. The van der Waals surface area contributed by atoms with Gasteiger partial charge in [-0.3, -0.25) is 4.79 Å². The van der Waals surface area contributed by atoms with Gasteiger partial charge >= 0.3 is 0 Å². The second kappa shape index (κ2) is 7.13. The van der Waals surface area contributed by atoms with E-state index < -0.39 is 5.41 Å². The molecular weight excluding hydrogens is 290 g/mol. The van der Waals surface area contributed by atoms with Crippen LogP contribution in [0.1, 0.15) is 26.3 Å². The predicted octanol–water partition coefficient (Wildman–Crippen LogP) is 3.69. The minimum Gasteiger partial charge on any atom is -0.496 e. The van der Waals surface area contributed by atoms with Gasteiger partial charge < -0.3 is 15.4 Å². The van der Waals surface area contributed by atoms with Crippen molar-refractivity contribution in [2.45, 2.75) is 27.3 Å². The van der Waals surface area contributed by atoms with Gasteiger partial charge in [-0.05, 0) is 18.2 Å². The highest BCUT2D eigenvalue weighted by molar-refractivity contribution is 5.93. The van der Waals surface area contributed by atoms with Crippen LogP contribution in [0.15, 0.2) is 42.6 Å². The second-order valence-corrected chi connectivity index (χ2v) is 6.30. The number of anilines is 2. The van der Waals surface area contributed by atoms with Crippen LogP contribution in [0, 0.1) is 5.41 Å². The van der Waals surface area contributed by atoms with Gasteiger partial charge in [0.1, 0.15) is 11.6 Å². The van der Waals surface area contributed by atoms with Crippen molar-refractivity contribution < 1.29 is 9.53 Å². The summed E-state index contributed by atoms with van der Waals surface area (Å²) in [5.74, 6) is 1.34. The molecule has 0 saturated heterocycles. The van der Waals surface area contributed by atoms with Gasteiger partial charge in [-0.2, -0.15) is 0 Å². The number of pyridine rings is 1. The minimum atomic E-state index is -0.442. The Kier molecular flexibility index (Phi) is 5.21. The summed E-state index contributed by atoms with van der Waals surface area (Å²) in [4.78, 5) is 16.2. The molecule has 2 aromatic rings. The average molecular weight is 313 g/mol. The number of benzene rings is 1. The maximum absolute atomic E-state index is 11.9. The van der Waals surface area contributed by atoms with Crippen molar-refractivity contribution in [2.75, 3.05) is 17.7 Å². The van der Waals surface area contributed by atoms with Gasteiger partial charge in [0.15, 0.2) is 0 Å². The fourth-order valence-electron chi connectivity index (χ4n) is 1.92. The maximum Gasteiger partial charge on any atom is 0.230 e. The quantitative estimate of drug-likeness (QED) is 0.883. The number of ether oxygens (including phenoxy) is 1. The Labute approximate surface area is 137 Å². The van der Waals surface area contributed by atoms with Crippen LogP contribution < -0.4 is 15.4 Å². The SMILES string of the molecule is COc1ccccc1CNc1ccc(NC(=O)C(C)(C)C)nc1. The van der Waals surface area contributed by atoms with Crippen molar-refractivity contribution in [3.63, 3.8) is 0 Å². The molecule has 1 aromatic heterocycles. The summed E-state index contributed by atoms with van der Waals surface area (Å²) in [5.41, 5.74) is 1.51. The molecule has 1 heterocycles. The lowest BCUT2D eigenvalue weighted by Gasteiger charge is -2.17. The number of rotatable bonds is 5. The maximum atomic E-state index is 11.9. The van der Waals surface area contributed by atoms with E-state index in [2.05, 4.69) is 15.6 Å². The van der Waals surface area contributed by atoms with Gasteiger partial charge in [0.25, 0.3) is 0 Å². The fraction of sp³-hybridized carbons (Fsp3) is 0.333. The van der Waals surface area contributed by atoms with E-state index in [-0.39, 0.29) is 5.91 Å². The largest absolute Gasteiger partial charge is 0.496 e. The Morgan fingerprint density at radius 1 is 1.17 bits per heavy atom. The van der Waals surface area contributed by atoms with E-state index in [4.69, 9.17) is 4.74 Å². The number of carbonyl (C=O) groups excluding carboxylic acids is 1. The summed E-state index contributed by atoms with van der Waals surface area (Å²) in [6.07, 6.45) is 1.70. The van der Waals surface area contributed by atoms with Crippen LogP contribution >= 0.6 is 0 Å². The van der Waals surface area contributed by atoms with Crippen molar-refractivity contribution in [3.05, 3.63) is 48.2 Å². The minimum absolute atomic E-state index is 0.0558. The second-order valence-electron chi connectivity index (χ2n) is 6.30. The number of aromatic nitrogens is 1. The third kappa shape index (κ3) is 4.71. The number of carbonyl (C=O) groups is 1. The molecule has 5 nitrogen and oxygen atoms in total. The molecule has 5 heteroatoms. The number of para-hydroxylation sites is 1. The number of methoxy groups -OCH3 is 1. The standard InChI is InChI=1S/C18H23N3O2/c1-18(2,3)17(22)21-16-10-9-14(12-20-16)19-11-13-7-5-6-8-15(13)23-4/h5-10,12,19H,11H2,1-4H3,(H,20,21,22). The highest BCUT2D eigenvalue weighted by atomic mass is 16.5. The zero-order valence-electron chi connectivity index (χ0n) is 14.0. The van der Waals surface area contributed by atoms with E-state index in [9.17, 15) is 4.79 Å². The first-order chi connectivity index (χ1) is 10.9. The third-order valence-corrected chi connectivity index (χ3v) is 3.36. The summed E-state index contributed by atoms with van der Waals surface area (Å²) in [6, 6.07) is 11.5. The average Bonchev–Trinajstić information content (AvgIpc) is 2.53. The van der Waals surface area contributed by atoms with Crippen molar-refractivity contribution >= 4 is 17.4 Å². The van der Waals surface area contributed by atoms with Crippen LogP contribution in [0.5, 0.6) is 5.75 Å². The molecule has 2 N–H and O–H groups in total. The van der Waals surface area contributed by atoms with Crippen LogP contribution in [0.3, 0.4) is 0 Å². The lowest BCUT2D eigenvalue weighted by Crippen LogP contribution is -2.27. The van der Waals surface area contributed by atoms with Crippen LogP contribution in [0.2, 0.25) is 0 Å². The normalized spacial score (nSPS) is 11.0. The Morgan fingerprint density at radius 2 is 1.91 bits per heavy atom. The molecule has 0 aliphatic heterocycles. The van der Waals surface area contributed by atoms with E-state index in [1.54, 1.807) is 19.4 Å². The first kappa shape index (κ1) is 16.8. The molecule has 0 aliphatic carbocycles. The van der Waals surface area contributed by atoms with Crippen molar-refractivity contribution in [1.82, 2.24) is 4.98 Å². The topological polar surface area (TPSA) is 63.2 Å². The van der Waals surface area contributed by atoms with Crippen LogP contribution in [0.4, 0.5) is 11.5 Å². The van der Waals surface area contributed by atoms with Gasteiger partial charge in [0.05, 0.1) is 19.0 Å². The zero-order chi connectivity index (χ0) is 16.9. The lowest BCUT2D eigenvalue weighted by molar-refractivity contribution is -0.123. The molecule has 23 heavy (non-hydrogen) atoms. The highest BCUT2D eigenvalue weighted by Gasteiger charge is 2.21. The van der Waals surface area contributed by atoms with Crippen molar-refractivity contribution in [1.29, 1.82) is 0 Å². The van der Waals surface area contributed by atoms with E-state index in [1.165, 1.54) is 0 Å². The smallest absolute Gasteiger partial charge is 0.230 e.